The Hall–Kier alpha value is -1.91. The van der Waals surface area contributed by atoms with Crippen molar-refractivity contribution in [2.24, 2.45) is 11.7 Å². The Bertz CT molecular complexity index is 371. The third-order valence-corrected chi connectivity index (χ3v) is 2.36. The van der Waals surface area contributed by atoms with Crippen LogP contribution in [0.25, 0.3) is 0 Å². The molecular weight excluding hydrogens is 220 g/mol. The molecule has 94 valence electrons. The predicted octanol–water partition coefficient (Wildman–Crippen LogP) is 1.65. The molecule has 1 aromatic rings. The van der Waals surface area contributed by atoms with E-state index >= 15 is 0 Å². The number of hydrogen-bond donors (Lipinski definition) is 2. The Morgan fingerprint density at radius 3 is 2.06 bits per heavy atom. The van der Waals surface area contributed by atoms with Crippen LogP contribution in [0.2, 0.25) is 0 Å². The first-order chi connectivity index (χ1) is 8.06. The highest BCUT2D eigenvalue weighted by Gasteiger charge is 2.08. The van der Waals surface area contributed by atoms with Gasteiger partial charge in [0.05, 0.1) is 26.7 Å². The van der Waals surface area contributed by atoms with Gasteiger partial charge >= 0.3 is 0 Å². The number of nitrogens with two attached hydrogens (primary N) is 1. The summed E-state index contributed by atoms with van der Waals surface area (Å²) in [5.41, 5.74) is 5.37. The van der Waals surface area contributed by atoms with Crippen LogP contribution in [0.1, 0.15) is 6.92 Å². The van der Waals surface area contributed by atoms with Gasteiger partial charge in [0.2, 0.25) is 0 Å². The Balaban J connectivity index is 2.73. The van der Waals surface area contributed by atoms with E-state index in [1.165, 1.54) is 0 Å². The summed E-state index contributed by atoms with van der Waals surface area (Å²) in [6, 6.07) is 5.28. The average molecular weight is 238 g/mol. The van der Waals surface area contributed by atoms with Gasteiger partial charge in [-0.2, -0.15) is 0 Å². The largest absolute Gasteiger partial charge is 0.496 e. The molecule has 0 radical (unpaired) electrons. The van der Waals surface area contributed by atoms with E-state index in [-0.39, 0.29) is 11.8 Å². The smallest absolute Gasteiger partial charge is 0.126 e. The summed E-state index contributed by atoms with van der Waals surface area (Å²) >= 11 is 0. The summed E-state index contributed by atoms with van der Waals surface area (Å²) in [7, 11) is 3.16. The average Bonchev–Trinajstić information content (AvgIpc) is 2.35. The zero-order valence-corrected chi connectivity index (χ0v) is 10.3. The van der Waals surface area contributed by atoms with Crippen molar-refractivity contribution >= 4 is 5.84 Å². The second-order valence-electron chi connectivity index (χ2n) is 3.72. The molecule has 5 nitrogen and oxygen atoms in total. The van der Waals surface area contributed by atoms with Crippen LogP contribution in [0.5, 0.6) is 17.2 Å². The van der Waals surface area contributed by atoms with Crippen molar-refractivity contribution in [1.82, 2.24) is 0 Å². The number of nitrogens with one attached hydrogen (secondary N) is 1. The molecule has 1 atom stereocenters. The molecule has 0 spiro atoms. The Kier molecular flexibility index (Phi) is 4.63. The van der Waals surface area contributed by atoms with E-state index in [0.29, 0.717) is 23.9 Å². The van der Waals surface area contributed by atoms with Crippen LogP contribution in [0, 0.1) is 11.3 Å². The summed E-state index contributed by atoms with van der Waals surface area (Å²) in [4.78, 5) is 0. The standard InChI is InChI=1S/C12H18N2O3/c1-8(12(13)14)7-17-11-5-9(15-2)4-10(6-11)16-3/h4-6,8H,7H2,1-3H3,(H3,13,14). The minimum absolute atomic E-state index is 0.111. The SMILES string of the molecule is COc1cc(OC)cc(OCC(C)C(=N)N)c1. The maximum Gasteiger partial charge on any atom is 0.126 e. The molecule has 1 aromatic carbocycles. The number of rotatable bonds is 6. The van der Waals surface area contributed by atoms with Crippen molar-refractivity contribution in [2.45, 2.75) is 6.92 Å². The fourth-order valence-corrected chi connectivity index (χ4v) is 1.18. The quantitative estimate of drug-likeness (QED) is 0.583. The van der Waals surface area contributed by atoms with E-state index < -0.39 is 0 Å². The molecule has 5 heteroatoms. The Morgan fingerprint density at radius 1 is 1.18 bits per heavy atom. The maximum atomic E-state index is 7.27. The molecule has 0 aliphatic heterocycles. The fourth-order valence-electron chi connectivity index (χ4n) is 1.18. The molecule has 0 amide bonds. The highest BCUT2D eigenvalue weighted by atomic mass is 16.5. The van der Waals surface area contributed by atoms with Gasteiger partial charge in [0.15, 0.2) is 0 Å². The molecule has 0 aliphatic rings. The molecule has 17 heavy (non-hydrogen) atoms. The van der Waals surface area contributed by atoms with Gasteiger partial charge in [-0.3, -0.25) is 5.41 Å². The first-order valence-corrected chi connectivity index (χ1v) is 5.26. The predicted molar refractivity (Wildman–Crippen MR) is 66.1 cm³/mol. The maximum absolute atomic E-state index is 7.27. The number of benzene rings is 1. The van der Waals surface area contributed by atoms with E-state index in [0.717, 1.165) is 0 Å². The molecule has 0 bridgehead atoms. The summed E-state index contributed by atoms with van der Waals surface area (Å²) in [5.74, 6) is 1.95. The van der Waals surface area contributed by atoms with Crippen molar-refractivity contribution in [3.05, 3.63) is 18.2 Å². The van der Waals surface area contributed by atoms with Gasteiger partial charge < -0.3 is 19.9 Å². The second kappa shape index (κ2) is 5.98. The van der Waals surface area contributed by atoms with Crippen LogP contribution >= 0.6 is 0 Å². The van der Waals surface area contributed by atoms with Gasteiger partial charge in [0, 0.05) is 24.1 Å². The van der Waals surface area contributed by atoms with Crippen LogP contribution in [-0.4, -0.2) is 26.7 Å². The molecule has 3 N–H and O–H groups in total. The van der Waals surface area contributed by atoms with Gasteiger partial charge in [-0.25, -0.2) is 0 Å². The molecule has 0 heterocycles. The van der Waals surface area contributed by atoms with Gasteiger partial charge in [0.1, 0.15) is 17.2 Å². The van der Waals surface area contributed by atoms with Crippen LogP contribution < -0.4 is 19.9 Å². The monoisotopic (exact) mass is 238 g/mol. The summed E-state index contributed by atoms with van der Waals surface area (Å²) in [6.45, 7) is 2.19. The lowest BCUT2D eigenvalue weighted by molar-refractivity contribution is 0.287. The van der Waals surface area contributed by atoms with Crippen molar-refractivity contribution in [1.29, 1.82) is 5.41 Å². The van der Waals surface area contributed by atoms with Crippen LogP contribution in [-0.2, 0) is 0 Å². The van der Waals surface area contributed by atoms with E-state index in [4.69, 9.17) is 25.4 Å². The summed E-state index contributed by atoms with van der Waals surface area (Å²) in [5, 5.41) is 7.27. The Morgan fingerprint density at radius 2 is 1.65 bits per heavy atom. The lowest BCUT2D eigenvalue weighted by Crippen LogP contribution is -2.25. The van der Waals surface area contributed by atoms with Gasteiger partial charge in [-0.1, -0.05) is 6.92 Å². The minimum Gasteiger partial charge on any atom is -0.496 e. The van der Waals surface area contributed by atoms with E-state index in [2.05, 4.69) is 0 Å². The first kappa shape index (κ1) is 13.2. The van der Waals surface area contributed by atoms with Crippen LogP contribution in [0.15, 0.2) is 18.2 Å². The molecule has 0 saturated carbocycles. The van der Waals surface area contributed by atoms with Gasteiger partial charge in [0.25, 0.3) is 0 Å². The van der Waals surface area contributed by atoms with Crippen molar-refractivity contribution < 1.29 is 14.2 Å². The zero-order chi connectivity index (χ0) is 12.8. The number of amidine groups is 1. The summed E-state index contributed by atoms with van der Waals surface area (Å²) in [6.07, 6.45) is 0. The van der Waals surface area contributed by atoms with Crippen LogP contribution in [0.4, 0.5) is 0 Å². The molecular formula is C12H18N2O3. The third kappa shape index (κ3) is 3.86. The molecule has 0 saturated heterocycles. The zero-order valence-electron chi connectivity index (χ0n) is 10.3. The van der Waals surface area contributed by atoms with Crippen molar-refractivity contribution in [2.75, 3.05) is 20.8 Å². The topological polar surface area (TPSA) is 77.6 Å². The lowest BCUT2D eigenvalue weighted by Gasteiger charge is -2.13. The lowest BCUT2D eigenvalue weighted by atomic mass is 10.2. The third-order valence-electron chi connectivity index (χ3n) is 2.36. The van der Waals surface area contributed by atoms with Gasteiger partial charge in [-0.15, -0.1) is 0 Å². The highest BCUT2D eigenvalue weighted by molar-refractivity contribution is 5.79. The number of ether oxygens (including phenoxy) is 3. The Labute approximate surface area is 101 Å². The number of methoxy groups -OCH3 is 2. The van der Waals surface area contributed by atoms with Crippen molar-refractivity contribution in [3.8, 4) is 17.2 Å². The molecule has 1 unspecified atom stereocenters. The van der Waals surface area contributed by atoms with Crippen LogP contribution in [0.3, 0.4) is 0 Å². The molecule has 0 aromatic heterocycles. The van der Waals surface area contributed by atoms with Gasteiger partial charge in [-0.05, 0) is 0 Å². The minimum atomic E-state index is -0.118. The van der Waals surface area contributed by atoms with E-state index in [1.54, 1.807) is 32.4 Å². The normalized spacial score (nSPS) is 11.7. The first-order valence-electron chi connectivity index (χ1n) is 5.26. The summed E-state index contributed by atoms with van der Waals surface area (Å²) < 4.78 is 15.8. The highest BCUT2D eigenvalue weighted by Crippen LogP contribution is 2.27. The molecule has 1 rings (SSSR count). The van der Waals surface area contributed by atoms with E-state index in [9.17, 15) is 0 Å². The molecule has 0 aliphatic carbocycles. The fraction of sp³-hybridized carbons (Fsp3) is 0.417. The second-order valence-corrected chi connectivity index (χ2v) is 3.72. The molecule has 0 fully saturated rings. The van der Waals surface area contributed by atoms with Crippen molar-refractivity contribution in [3.63, 3.8) is 0 Å². The number of hydrogen-bond acceptors (Lipinski definition) is 4. The van der Waals surface area contributed by atoms with E-state index in [1.807, 2.05) is 6.92 Å².